The number of nitrogens with one attached hydrogen (secondary N) is 1. The van der Waals surface area contributed by atoms with Crippen LogP contribution in [0.4, 0.5) is 0 Å². The molecule has 1 heterocycles. The first-order valence-corrected chi connectivity index (χ1v) is 7.98. The molecule has 3 heteroatoms. The molecule has 1 fully saturated rings. The van der Waals surface area contributed by atoms with Crippen LogP contribution in [0.5, 0.6) is 0 Å². The number of rotatable bonds is 8. The number of hydrogen-bond donors (Lipinski definition) is 1. The van der Waals surface area contributed by atoms with E-state index in [2.05, 4.69) is 35.8 Å². The predicted octanol–water partition coefficient (Wildman–Crippen LogP) is 2.59. The first kappa shape index (κ1) is 14.3. The van der Waals surface area contributed by atoms with Crippen LogP contribution in [-0.2, 0) is 0 Å². The highest BCUT2D eigenvalue weighted by atomic mass is 32.2. The number of hydrogen-bond acceptors (Lipinski definition) is 3. The molecule has 96 valence electrons. The van der Waals surface area contributed by atoms with Crippen molar-refractivity contribution < 1.29 is 0 Å². The van der Waals surface area contributed by atoms with Gasteiger partial charge in [0.15, 0.2) is 0 Å². The van der Waals surface area contributed by atoms with E-state index in [9.17, 15) is 0 Å². The van der Waals surface area contributed by atoms with Crippen LogP contribution in [0.15, 0.2) is 0 Å². The third-order valence-corrected chi connectivity index (χ3v) is 4.00. The van der Waals surface area contributed by atoms with Crippen LogP contribution in [0.3, 0.4) is 0 Å². The molecule has 1 aliphatic rings. The lowest BCUT2D eigenvalue weighted by Gasteiger charge is -2.25. The molecular formula is C13H28N2S. The standard InChI is InChI=1S/C13H28N2S/c1-13(2)14-7-5-3-4-6-8-15-9-11-16-12-10-15/h13-14H,3-12H2,1-2H3. The first-order chi connectivity index (χ1) is 7.79. The van der Waals surface area contributed by atoms with Gasteiger partial charge in [0.1, 0.15) is 0 Å². The average Bonchev–Trinajstić information content (AvgIpc) is 2.29. The minimum Gasteiger partial charge on any atom is -0.315 e. The van der Waals surface area contributed by atoms with Gasteiger partial charge < -0.3 is 10.2 Å². The van der Waals surface area contributed by atoms with Gasteiger partial charge in [-0.3, -0.25) is 0 Å². The van der Waals surface area contributed by atoms with Crippen LogP contribution >= 0.6 is 11.8 Å². The van der Waals surface area contributed by atoms with Gasteiger partial charge in [-0.25, -0.2) is 0 Å². The number of unbranched alkanes of at least 4 members (excludes halogenated alkanes) is 3. The van der Waals surface area contributed by atoms with Crippen molar-refractivity contribution >= 4 is 11.8 Å². The molecule has 0 saturated carbocycles. The Morgan fingerprint density at radius 2 is 1.75 bits per heavy atom. The van der Waals surface area contributed by atoms with E-state index >= 15 is 0 Å². The smallest absolute Gasteiger partial charge is 0.00727 e. The van der Waals surface area contributed by atoms with Crippen molar-refractivity contribution in [1.82, 2.24) is 10.2 Å². The molecule has 0 atom stereocenters. The van der Waals surface area contributed by atoms with Crippen LogP contribution in [0.2, 0.25) is 0 Å². The van der Waals surface area contributed by atoms with Crippen LogP contribution < -0.4 is 5.32 Å². The van der Waals surface area contributed by atoms with Crippen molar-refractivity contribution in [2.45, 2.75) is 45.6 Å². The normalized spacial score (nSPS) is 18.2. The zero-order valence-electron chi connectivity index (χ0n) is 11.0. The molecule has 16 heavy (non-hydrogen) atoms. The minimum atomic E-state index is 0.644. The van der Waals surface area contributed by atoms with Crippen molar-refractivity contribution in [2.24, 2.45) is 0 Å². The van der Waals surface area contributed by atoms with Gasteiger partial charge in [-0.15, -0.1) is 0 Å². The molecule has 1 rings (SSSR count). The Balaban J connectivity index is 1.80. The third-order valence-electron chi connectivity index (χ3n) is 3.06. The molecule has 1 saturated heterocycles. The monoisotopic (exact) mass is 244 g/mol. The third kappa shape index (κ3) is 7.53. The fourth-order valence-corrected chi connectivity index (χ4v) is 3.01. The molecule has 0 radical (unpaired) electrons. The van der Waals surface area contributed by atoms with Crippen molar-refractivity contribution in [3.8, 4) is 0 Å². The fourth-order valence-electron chi connectivity index (χ4n) is 2.03. The van der Waals surface area contributed by atoms with E-state index in [1.165, 1.54) is 63.4 Å². The SMILES string of the molecule is CC(C)NCCCCCCN1CCSCC1. The zero-order valence-corrected chi connectivity index (χ0v) is 11.8. The van der Waals surface area contributed by atoms with Crippen molar-refractivity contribution in [3.05, 3.63) is 0 Å². The Morgan fingerprint density at radius 1 is 1.06 bits per heavy atom. The summed E-state index contributed by atoms with van der Waals surface area (Å²) >= 11 is 2.10. The van der Waals surface area contributed by atoms with Gasteiger partial charge in [-0.2, -0.15) is 11.8 Å². The second kappa shape index (κ2) is 9.32. The molecule has 0 aromatic rings. The topological polar surface area (TPSA) is 15.3 Å². The average molecular weight is 244 g/mol. The van der Waals surface area contributed by atoms with E-state index in [1.54, 1.807) is 0 Å². The maximum Gasteiger partial charge on any atom is 0.00727 e. The van der Waals surface area contributed by atoms with Crippen LogP contribution in [0.25, 0.3) is 0 Å². The van der Waals surface area contributed by atoms with E-state index in [-0.39, 0.29) is 0 Å². The van der Waals surface area contributed by atoms with Crippen molar-refractivity contribution in [1.29, 1.82) is 0 Å². The molecule has 0 bridgehead atoms. The molecule has 0 aromatic carbocycles. The summed E-state index contributed by atoms with van der Waals surface area (Å²) in [6.07, 6.45) is 5.53. The molecule has 0 spiro atoms. The van der Waals surface area contributed by atoms with Gasteiger partial charge in [-0.05, 0) is 25.9 Å². The molecule has 0 aromatic heterocycles. The molecule has 1 aliphatic heterocycles. The lowest BCUT2D eigenvalue weighted by Crippen LogP contribution is -2.33. The van der Waals surface area contributed by atoms with Crippen LogP contribution in [0, 0.1) is 0 Å². The minimum absolute atomic E-state index is 0.644. The van der Waals surface area contributed by atoms with E-state index < -0.39 is 0 Å². The number of nitrogens with zero attached hydrogens (tertiary/aromatic N) is 1. The molecule has 0 unspecified atom stereocenters. The van der Waals surface area contributed by atoms with Crippen molar-refractivity contribution in [2.75, 3.05) is 37.7 Å². The Hall–Kier alpha value is 0.270. The van der Waals surface area contributed by atoms with Gasteiger partial charge in [0.05, 0.1) is 0 Å². The Morgan fingerprint density at radius 3 is 2.44 bits per heavy atom. The van der Waals surface area contributed by atoms with E-state index in [0.29, 0.717) is 6.04 Å². The summed E-state index contributed by atoms with van der Waals surface area (Å²) in [6, 6.07) is 0.644. The highest BCUT2D eigenvalue weighted by molar-refractivity contribution is 7.99. The van der Waals surface area contributed by atoms with Gasteiger partial charge in [-0.1, -0.05) is 26.7 Å². The van der Waals surface area contributed by atoms with Gasteiger partial charge in [0.25, 0.3) is 0 Å². The van der Waals surface area contributed by atoms with Gasteiger partial charge >= 0.3 is 0 Å². The summed E-state index contributed by atoms with van der Waals surface area (Å²) in [6.45, 7) is 9.60. The molecule has 1 N–H and O–H groups in total. The zero-order chi connectivity index (χ0) is 11.6. The Bertz CT molecular complexity index is 156. The summed E-state index contributed by atoms with van der Waals surface area (Å²) in [5.74, 6) is 2.69. The second-order valence-electron chi connectivity index (χ2n) is 4.98. The summed E-state index contributed by atoms with van der Waals surface area (Å²) in [7, 11) is 0. The van der Waals surface area contributed by atoms with E-state index in [1.807, 2.05) is 0 Å². The summed E-state index contributed by atoms with van der Waals surface area (Å²) in [5, 5.41) is 3.47. The van der Waals surface area contributed by atoms with Crippen LogP contribution in [-0.4, -0.2) is 48.6 Å². The summed E-state index contributed by atoms with van der Waals surface area (Å²) in [5.41, 5.74) is 0. The molecular weight excluding hydrogens is 216 g/mol. The highest BCUT2D eigenvalue weighted by Crippen LogP contribution is 2.10. The quantitative estimate of drug-likeness (QED) is 0.661. The van der Waals surface area contributed by atoms with Gasteiger partial charge in [0, 0.05) is 30.6 Å². The largest absolute Gasteiger partial charge is 0.315 e. The summed E-state index contributed by atoms with van der Waals surface area (Å²) in [4.78, 5) is 2.63. The van der Waals surface area contributed by atoms with Crippen molar-refractivity contribution in [3.63, 3.8) is 0 Å². The second-order valence-corrected chi connectivity index (χ2v) is 6.20. The van der Waals surface area contributed by atoms with Gasteiger partial charge in [0.2, 0.25) is 0 Å². The van der Waals surface area contributed by atoms with E-state index in [4.69, 9.17) is 0 Å². The summed E-state index contributed by atoms with van der Waals surface area (Å²) < 4.78 is 0. The first-order valence-electron chi connectivity index (χ1n) is 6.82. The lowest BCUT2D eigenvalue weighted by atomic mass is 10.2. The highest BCUT2D eigenvalue weighted by Gasteiger charge is 2.08. The molecule has 0 aliphatic carbocycles. The Labute approximate surface area is 106 Å². The maximum absolute atomic E-state index is 3.47. The lowest BCUT2D eigenvalue weighted by molar-refractivity contribution is 0.294. The molecule has 2 nitrogen and oxygen atoms in total. The Kier molecular flexibility index (Phi) is 8.34. The fraction of sp³-hybridized carbons (Fsp3) is 1.00. The maximum atomic E-state index is 3.47. The van der Waals surface area contributed by atoms with Crippen LogP contribution in [0.1, 0.15) is 39.5 Å². The number of thioether (sulfide) groups is 1. The van der Waals surface area contributed by atoms with E-state index in [0.717, 1.165) is 0 Å². The molecule has 0 amide bonds. The predicted molar refractivity (Wildman–Crippen MR) is 75.4 cm³/mol.